The highest BCUT2D eigenvalue weighted by Gasteiger charge is 2.37. The van der Waals surface area contributed by atoms with Crippen molar-refractivity contribution in [3.8, 4) is 5.75 Å². The second kappa shape index (κ2) is 4.42. The van der Waals surface area contributed by atoms with Gasteiger partial charge < -0.3 is 10.5 Å². The predicted molar refractivity (Wildman–Crippen MR) is 61.8 cm³/mol. The SMILES string of the molecule is COc1cc2c(C(N)=O)cccc2nc1C(F)(F)F. The van der Waals surface area contributed by atoms with Gasteiger partial charge in [-0.1, -0.05) is 6.07 Å². The Kier molecular flexibility index (Phi) is 3.05. The Labute approximate surface area is 106 Å². The monoisotopic (exact) mass is 270 g/mol. The first-order valence-corrected chi connectivity index (χ1v) is 5.19. The van der Waals surface area contributed by atoms with E-state index >= 15 is 0 Å². The van der Waals surface area contributed by atoms with Gasteiger partial charge in [-0.3, -0.25) is 4.79 Å². The van der Waals surface area contributed by atoms with E-state index in [2.05, 4.69) is 9.72 Å². The quantitative estimate of drug-likeness (QED) is 0.911. The molecule has 4 nitrogen and oxygen atoms in total. The standard InChI is InChI=1S/C12H9F3N2O2/c1-19-9-5-7-6(11(16)18)3-2-4-8(7)17-10(9)12(13,14)15/h2-5H,1H3,(H2,16,18). The number of rotatable bonds is 2. The number of alkyl halides is 3. The number of pyridine rings is 1. The van der Waals surface area contributed by atoms with Crippen LogP contribution in [0.1, 0.15) is 16.1 Å². The number of benzene rings is 1. The lowest BCUT2D eigenvalue weighted by Gasteiger charge is -2.13. The van der Waals surface area contributed by atoms with Gasteiger partial charge in [0.15, 0.2) is 5.69 Å². The van der Waals surface area contributed by atoms with E-state index in [-0.39, 0.29) is 16.5 Å². The summed E-state index contributed by atoms with van der Waals surface area (Å²) in [5.74, 6) is -1.19. The number of halogens is 3. The summed E-state index contributed by atoms with van der Waals surface area (Å²) in [6, 6.07) is 5.32. The van der Waals surface area contributed by atoms with Gasteiger partial charge in [0.25, 0.3) is 0 Å². The molecular formula is C12H9F3N2O2. The van der Waals surface area contributed by atoms with Crippen molar-refractivity contribution in [3.63, 3.8) is 0 Å². The van der Waals surface area contributed by atoms with E-state index in [1.54, 1.807) is 0 Å². The van der Waals surface area contributed by atoms with Gasteiger partial charge in [0.1, 0.15) is 5.75 Å². The Hall–Kier alpha value is -2.31. The number of amides is 1. The van der Waals surface area contributed by atoms with Gasteiger partial charge in [-0.05, 0) is 18.2 Å². The zero-order valence-electron chi connectivity index (χ0n) is 9.78. The van der Waals surface area contributed by atoms with Gasteiger partial charge in [0.2, 0.25) is 5.91 Å². The minimum absolute atomic E-state index is 0.0319. The van der Waals surface area contributed by atoms with Crippen molar-refractivity contribution >= 4 is 16.8 Å². The van der Waals surface area contributed by atoms with E-state index in [1.165, 1.54) is 18.2 Å². The number of hydrogen-bond acceptors (Lipinski definition) is 3. The molecule has 0 saturated heterocycles. The molecule has 0 atom stereocenters. The maximum absolute atomic E-state index is 12.8. The normalized spacial score (nSPS) is 11.6. The number of methoxy groups -OCH3 is 1. The fourth-order valence-corrected chi connectivity index (χ4v) is 1.75. The van der Waals surface area contributed by atoms with Gasteiger partial charge in [0.05, 0.1) is 12.6 Å². The average molecular weight is 270 g/mol. The van der Waals surface area contributed by atoms with Crippen molar-refractivity contribution in [2.75, 3.05) is 7.11 Å². The van der Waals surface area contributed by atoms with Crippen LogP contribution in [0.4, 0.5) is 13.2 Å². The third-order valence-electron chi connectivity index (χ3n) is 2.58. The summed E-state index contributed by atoms with van der Waals surface area (Å²) in [5.41, 5.74) is 4.16. The van der Waals surface area contributed by atoms with Gasteiger partial charge in [-0.2, -0.15) is 13.2 Å². The highest BCUT2D eigenvalue weighted by molar-refractivity contribution is 6.05. The molecule has 0 aliphatic carbocycles. The molecule has 0 spiro atoms. The van der Waals surface area contributed by atoms with Crippen LogP contribution in [0.2, 0.25) is 0 Å². The summed E-state index contributed by atoms with van der Waals surface area (Å²) in [5, 5.41) is 0.222. The molecule has 2 N–H and O–H groups in total. The van der Waals surface area contributed by atoms with Gasteiger partial charge in [-0.25, -0.2) is 4.98 Å². The molecule has 1 heterocycles. The molecule has 0 unspecified atom stereocenters. The number of fused-ring (bicyclic) bond motifs is 1. The third-order valence-corrected chi connectivity index (χ3v) is 2.58. The molecule has 1 aromatic heterocycles. The second-order valence-electron chi connectivity index (χ2n) is 3.77. The average Bonchev–Trinajstić information content (AvgIpc) is 2.35. The van der Waals surface area contributed by atoms with Crippen molar-refractivity contribution in [1.29, 1.82) is 0 Å². The summed E-state index contributed by atoms with van der Waals surface area (Å²) < 4.78 is 43.0. The van der Waals surface area contributed by atoms with Crippen LogP contribution in [0.3, 0.4) is 0 Å². The van der Waals surface area contributed by atoms with Crippen LogP contribution >= 0.6 is 0 Å². The Morgan fingerprint density at radius 2 is 2.05 bits per heavy atom. The number of primary amides is 1. The molecule has 0 bridgehead atoms. The summed E-state index contributed by atoms with van der Waals surface area (Å²) in [6.07, 6.45) is -4.64. The highest BCUT2D eigenvalue weighted by atomic mass is 19.4. The van der Waals surface area contributed by atoms with Crippen molar-refractivity contribution in [2.45, 2.75) is 6.18 Å². The summed E-state index contributed by atoms with van der Waals surface area (Å²) >= 11 is 0. The van der Waals surface area contributed by atoms with Crippen molar-refractivity contribution in [3.05, 3.63) is 35.5 Å². The maximum Gasteiger partial charge on any atom is 0.437 e. The minimum atomic E-state index is -4.64. The molecule has 2 rings (SSSR count). The molecule has 0 radical (unpaired) electrons. The first kappa shape index (κ1) is 13.1. The van der Waals surface area contributed by atoms with Crippen LogP contribution < -0.4 is 10.5 Å². The number of ether oxygens (including phenoxy) is 1. The zero-order chi connectivity index (χ0) is 14.2. The van der Waals surface area contributed by atoms with Crippen LogP contribution in [-0.2, 0) is 6.18 Å². The predicted octanol–water partition coefficient (Wildman–Crippen LogP) is 2.36. The molecular weight excluding hydrogens is 261 g/mol. The smallest absolute Gasteiger partial charge is 0.437 e. The summed E-state index contributed by atoms with van der Waals surface area (Å²) in [6.45, 7) is 0. The number of carbonyl (C=O) groups is 1. The molecule has 0 aliphatic heterocycles. The number of hydrogen-bond donors (Lipinski definition) is 1. The number of nitrogens with zero attached hydrogens (tertiary/aromatic N) is 1. The first-order chi connectivity index (χ1) is 8.84. The van der Waals surface area contributed by atoms with E-state index in [9.17, 15) is 18.0 Å². The fourth-order valence-electron chi connectivity index (χ4n) is 1.75. The number of nitrogens with two attached hydrogens (primary N) is 1. The topological polar surface area (TPSA) is 65.2 Å². The molecule has 7 heteroatoms. The summed E-state index contributed by atoms with van der Waals surface area (Å²) in [7, 11) is 1.10. The Morgan fingerprint density at radius 1 is 1.37 bits per heavy atom. The van der Waals surface area contributed by atoms with Crippen molar-refractivity contribution in [2.24, 2.45) is 5.73 Å². The lowest BCUT2D eigenvalue weighted by atomic mass is 10.1. The van der Waals surface area contributed by atoms with E-state index < -0.39 is 23.5 Å². The Balaban J connectivity index is 2.81. The van der Waals surface area contributed by atoms with Gasteiger partial charge in [0, 0.05) is 10.9 Å². The zero-order valence-corrected chi connectivity index (χ0v) is 9.78. The third kappa shape index (κ3) is 2.31. The molecule has 0 fully saturated rings. The first-order valence-electron chi connectivity index (χ1n) is 5.19. The molecule has 100 valence electrons. The Bertz CT molecular complexity index is 653. The van der Waals surface area contributed by atoms with E-state index in [0.717, 1.165) is 13.2 Å². The number of carbonyl (C=O) groups excluding carboxylic acids is 1. The molecule has 0 saturated carbocycles. The molecule has 1 amide bonds. The summed E-state index contributed by atoms with van der Waals surface area (Å²) in [4.78, 5) is 14.7. The van der Waals surface area contributed by atoms with Crippen LogP contribution in [0.5, 0.6) is 5.75 Å². The van der Waals surface area contributed by atoms with E-state index in [0.29, 0.717) is 0 Å². The van der Waals surface area contributed by atoms with Crippen LogP contribution in [0, 0.1) is 0 Å². The molecule has 19 heavy (non-hydrogen) atoms. The molecule has 1 aromatic carbocycles. The van der Waals surface area contributed by atoms with Crippen LogP contribution in [0.25, 0.3) is 10.9 Å². The highest BCUT2D eigenvalue weighted by Crippen LogP contribution is 2.36. The van der Waals surface area contributed by atoms with Crippen LogP contribution in [-0.4, -0.2) is 18.0 Å². The lowest BCUT2D eigenvalue weighted by molar-refractivity contribution is -0.142. The fraction of sp³-hybridized carbons (Fsp3) is 0.167. The second-order valence-corrected chi connectivity index (χ2v) is 3.77. The maximum atomic E-state index is 12.8. The largest absolute Gasteiger partial charge is 0.494 e. The van der Waals surface area contributed by atoms with Gasteiger partial charge in [-0.15, -0.1) is 0 Å². The van der Waals surface area contributed by atoms with Crippen LogP contribution in [0.15, 0.2) is 24.3 Å². The van der Waals surface area contributed by atoms with Crippen molar-refractivity contribution < 1.29 is 22.7 Å². The molecule has 0 aliphatic rings. The molecule has 2 aromatic rings. The minimum Gasteiger partial charge on any atom is -0.494 e. The van der Waals surface area contributed by atoms with Crippen molar-refractivity contribution in [1.82, 2.24) is 4.98 Å². The van der Waals surface area contributed by atoms with Gasteiger partial charge >= 0.3 is 6.18 Å². The lowest BCUT2D eigenvalue weighted by Crippen LogP contribution is -2.13. The number of aromatic nitrogens is 1. The Morgan fingerprint density at radius 3 is 2.58 bits per heavy atom. The van der Waals surface area contributed by atoms with E-state index in [1.807, 2.05) is 0 Å². The van der Waals surface area contributed by atoms with E-state index in [4.69, 9.17) is 5.73 Å².